The van der Waals surface area contributed by atoms with Gasteiger partial charge in [-0.2, -0.15) is 0 Å². The molecule has 2 atom stereocenters. The van der Waals surface area contributed by atoms with Crippen LogP contribution in [0.4, 0.5) is 4.79 Å². The third kappa shape index (κ3) is 5.31. The minimum absolute atomic E-state index is 0.102. The number of carbonyl (C=O) groups is 1. The maximum Gasteiger partial charge on any atom is 0.410 e. The first-order chi connectivity index (χ1) is 9.00. The molecule has 0 bridgehead atoms. The van der Waals surface area contributed by atoms with Gasteiger partial charge in [-0.05, 0) is 51.9 Å². The molecule has 1 aliphatic heterocycles. The van der Waals surface area contributed by atoms with Gasteiger partial charge >= 0.3 is 6.09 Å². The largest absolute Gasteiger partial charge is 0.444 e. The SMILES string of the molecule is CC(C)(C)OC(=O)N1CCC[C@@H]1CC[C@H](O)C(C)(C)C. The zero-order valence-corrected chi connectivity index (χ0v) is 13.9. The lowest BCUT2D eigenvalue weighted by molar-refractivity contribution is 0.0168. The van der Waals surface area contributed by atoms with Gasteiger partial charge in [0.2, 0.25) is 0 Å². The van der Waals surface area contributed by atoms with Crippen LogP contribution < -0.4 is 0 Å². The smallest absolute Gasteiger partial charge is 0.410 e. The second kappa shape index (κ2) is 6.33. The van der Waals surface area contributed by atoms with E-state index in [2.05, 4.69) is 0 Å². The highest BCUT2D eigenvalue weighted by Gasteiger charge is 2.33. The Bertz CT molecular complexity index is 328. The fraction of sp³-hybridized carbons (Fsp3) is 0.938. The molecule has 1 N–H and O–H groups in total. The summed E-state index contributed by atoms with van der Waals surface area (Å²) < 4.78 is 5.45. The summed E-state index contributed by atoms with van der Waals surface area (Å²) in [4.78, 5) is 14.0. The Labute approximate surface area is 123 Å². The van der Waals surface area contributed by atoms with Crippen LogP contribution in [0.15, 0.2) is 0 Å². The van der Waals surface area contributed by atoms with Crippen LogP contribution in [0.2, 0.25) is 0 Å². The second-order valence-electron chi connectivity index (χ2n) is 7.93. The van der Waals surface area contributed by atoms with Gasteiger partial charge in [0.05, 0.1) is 6.10 Å². The first-order valence-corrected chi connectivity index (χ1v) is 7.68. The normalized spacial score (nSPS) is 21.9. The first-order valence-electron chi connectivity index (χ1n) is 7.68. The summed E-state index contributed by atoms with van der Waals surface area (Å²) in [5.74, 6) is 0. The standard InChI is InChI=1S/C16H31NO3/c1-15(2,3)13(18)10-9-12-8-7-11-17(12)14(19)20-16(4,5)6/h12-13,18H,7-11H2,1-6H3/t12-,13+/m1/s1. The second-order valence-corrected chi connectivity index (χ2v) is 7.93. The number of aliphatic hydroxyl groups excluding tert-OH is 1. The average Bonchev–Trinajstić information content (AvgIpc) is 2.70. The van der Waals surface area contributed by atoms with Crippen LogP contribution >= 0.6 is 0 Å². The first kappa shape index (κ1) is 17.3. The van der Waals surface area contributed by atoms with E-state index in [1.54, 1.807) is 0 Å². The van der Waals surface area contributed by atoms with Gasteiger partial charge in [0.1, 0.15) is 5.60 Å². The monoisotopic (exact) mass is 285 g/mol. The van der Waals surface area contributed by atoms with E-state index in [-0.39, 0.29) is 23.7 Å². The molecule has 1 saturated heterocycles. The summed E-state index contributed by atoms with van der Waals surface area (Å²) in [7, 11) is 0. The Morgan fingerprint density at radius 1 is 1.30 bits per heavy atom. The Morgan fingerprint density at radius 2 is 1.90 bits per heavy atom. The minimum atomic E-state index is -0.449. The van der Waals surface area contributed by atoms with Crippen LogP contribution in [0.5, 0.6) is 0 Å². The van der Waals surface area contributed by atoms with Gasteiger partial charge in [-0.15, -0.1) is 0 Å². The molecular weight excluding hydrogens is 254 g/mol. The zero-order valence-electron chi connectivity index (χ0n) is 13.9. The quantitative estimate of drug-likeness (QED) is 0.862. The van der Waals surface area contributed by atoms with Gasteiger partial charge in [-0.3, -0.25) is 0 Å². The summed E-state index contributed by atoms with van der Waals surface area (Å²) in [6.45, 7) is 12.6. The van der Waals surface area contributed by atoms with E-state index in [0.717, 1.165) is 32.2 Å². The third-order valence-corrected chi connectivity index (χ3v) is 3.78. The number of nitrogens with zero attached hydrogens (tertiary/aromatic N) is 1. The molecule has 1 rings (SSSR count). The molecule has 0 radical (unpaired) electrons. The lowest BCUT2D eigenvalue weighted by Gasteiger charge is -2.31. The summed E-state index contributed by atoms with van der Waals surface area (Å²) in [6.07, 6.45) is 3.06. The van der Waals surface area contributed by atoms with Crippen LogP contribution in [0, 0.1) is 5.41 Å². The van der Waals surface area contributed by atoms with Crippen molar-refractivity contribution in [3.8, 4) is 0 Å². The van der Waals surface area contributed by atoms with Crippen molar-refractivity contribution >= 4 is 6.09 Å². The number of amides is 1. The van der Waals surface area contributed by atoms with Gasteiger partial charge < -0.3 is 14.7 Å². The lowest BCUT2D eigenvalue weighted by atomic mass is 9.85. The number of hydrogen-bond donors (Lipinski definition) is 1. The van der Waals surface area contributed by atoms with Gasteiger partial charge in [-0.25, -0.2) is 4.79 Å². The van der Waals surface area contributed by atoms with E-state index >= 15 is 0 Å². The van der Waals surface area contributed by atoms with Crippen molar-refractivity contribution in [1.82, 2.24) is 4.90 Å². The van der Waals surface area contributed by atoms with Gasteiger partial charge in [0.15, 0.2) is 0 Å². The molecule has 118 valence electrons. The van der Waals surface area contributed by atoms with Crippen LogP contribution in [0.25, 0.3) is 0 Å². The Hall–Kier alpha value is -0.770. The molecule has 1 heterocycles. The number of hydrogen-bond acceptors (Lipinski definition) is 3. The molecule has 1 fully saturated rings. The van der Waals surface area contributed by atoms with Crippen LogP contribution in [-0.4, -0.2) is 40.4 Å². The predicted octanol–water partition coefficient (Wildman–Crippen LogP) is 3.57. The minimum Gasteiger partial charge on any atom is -0.444 e. The van der Waals surface area contributed by atoms with Crippen LogP contribution in [-0.2, 0) is 4.74 Å². The highest BCUT2D eigenvalue weighted by atomic mass is 16.6. The molecule has 4 nitrogen and oxygen atoms in total. The van der Waals surface area contributed by atoms with E-state index in [9.17, 15) is 9.90 Å². The molecule has 1 aliphatic rings. The maximum atomic E-state index is 12.2. The fourth-order valence-electron chi connectivity index (χ4n) is 2.48. The van der Waals surface area contributed by atoms with Gasteiger partial charge in [0, 0.05) is 12.6 Å². The highest BCUT2D eigenvalue weighted by Crippen LogP contribution is 2.28. The summed E-state index contributed by atoms with van der Waals surface area (Å²) in [5, 5.41) is 10.1. The van der Waals surface area contributed by atoms with Crippen molar-refractivity contribution in [3.63, 3.8) is 0 Å². The van der Waals surface area contributed by atoms with Gasteiger partial charge in [-0.1, -0.05) is 20.8 Å². The molecule has 1 amide bonds. The number of rotatable bonds is 3. The molecule has 0 saturated carbocycles. The van der Waals surface area contributed by atoms with Crippen LogP contribution in [0.1, 0.15) is 67.2 Å². The maximum absolute atomic E-state index is 12.2. The number of likely N-dealkylation sites (tertiary alicyclic amines) is 1. The third-order valence-electron chi connectivity index (χ3n) is 3.78. The van der Waals surface area contributed by atoms with E-state index < -0.39 is 5.60 Å². The van der Waals surface area contributed by atoms with E-state index in [0.29, 0.717) is 0 Å². The van der Waals surface area contributed by atoms with Gasteiger partial charge in [0.25, 0.3) is 0 Å². The Morgan fingerprint density at radius 3 is 2.40 bits per heavy atom. The molecule has 0 aromatic heterocycles. The van der Waals surface area contributed by atoms with Crippen molar-refractivity contribution in [2.45, 2.75) is 85.0 Å². The molecule has 0 unspecified atom stereocenters. The molecule has 0 aromatic carbocycles. The molecule has 4 heteroatoms. The summed E-state index contributed by atoms with van der Waals surface area (Å²) >= 11 is 0. The van der Waals surface area contributed by atoms with Crippen molar-refractivity contribution in [2.75, 3.05) is 6.54 Å². The molecule has 0 aliphatic carbocycles. The van der Waals surface area contributed by atoms with E-state index in [4.69, 9.17) is 4.74 Å². The van der Waals surface area contributed by atoms with Crippen LogP contribution in [0.3, 0.4) is 0 Å². The zero-order chi connectivity index (χ0) is 15.6. The van der Waals surface area contributed by atoms with Crippen molar-refractivity contribution < 1.29 is 14.6 Å². The molecule has 0 spiro atoms. The summed E-state index contributed by atoms with van der Waals surface area (Å²) in [6, 6.07) is 0.210. The number of aliphatic hydroxyl groups is 1. The lowest BCUT2D eigenvalue weighted by Crippen LogP contribution is -2.40. The van der Waals surface area contributed by atoms with Crippen molar-refractivity contribution in [2.24, 2.45) is 5.41 Å². The molecular formula is C16H31NO3. The van der Waals surface area contributed by atoms with Crippen molar-refractivity contribution in [3.05, 3.63) is 0 Å². The summed E-state index contributed by atoms with van der Waals surface area (Å²) in [5.41, 5.74) is -0.551. The highest BCUT2D eigenvalue weighted by molar-refractivity contribution is 5.68. The predicted molar refractivity (Wildman–Crippen MR) is 80.7 cm³/mol. The average molecular weight is 285 g/mol. The van der Waals surface area contributed by atoms with E-state index in [1.807, 2.05) is 46.4 Å². The van der Waals surface area contributed by atoms with Crippen molar-refractivity contribution in [1.29, 1.82) is 0 Å². The topological polar surface area (TPSA) is 49.8 Å². The Balaban J connectivity index is 2.51. The van der Waals surface area contributed by atoms with E-state index in [1.165, 1.54) is 0 Å². The fourth-order valence-corrected chi connectivity index (χ4v) is 2.48. The Kier molecular flexibility index (Phi) is 5.47. The molecule has 20 heavy (non-hydrogen) atoms. The molecule has 0 aromatic rings. The number of ether oxygens (including phenoxy) is 1. The number of carbonyl (C=O) groups excluding carboxylic acids is 1.